The van der Waals surface area contributed by atoms with E-state index in [0.29, 0.717) is 17.2 Å². The first-order chi connectivity index (χ1) is 8.80. The minimum Gasteiger partial charge on any atom is -0.493 e. The van der Waals surface area contributed by atoms with Crippen LogP contribution < -0.4 is 24.4 Å². The summed E-state index contributed by atoms with van der Waals surface area (Å²) in [7, 11) is 4.89. The number of methoxy groups -OCH3 is 3. The van der Waals surface area contributed by atoms with Gasteiger partial charge in [-0.2, -0.15) is 0 Å². The summed E-state index contributed by atoms with van der Waals surface area (Å²) >= 11 is 0. The quantitative estimate of drug-likeness (QED) is 0.870. The molecule has 0 aliphatic carbocycles. The lowest BCUT2D eigenvalue weighted by Crippen LogP contribution is -2.43. The highest BCUT2D eigenvalue weighted by atomic mass is 16.5. The third-order valence-electron chi connectivity index (χ3n) is 3.13. The molecule has 100 valence electrons. The van der Waals surface area contributed by atoms with Gasteiger partial charge in [0.25, 0.3) is 0 Å². The fourth-order valence-corrected chi connectivity index (χ4v) is 2.17. The van der Waals surface area contributed by atoms with Gasteiger partial charge in [-0.25, -0.2) is 0 Å². The first-order valence-corrected chi connectivity index (χ1v) is 6.05. The maximum atomic E-state index is 5.36. The third kappa shape index (κ3) is 2.46. The second kappa shape index (κ2) is 5.82. The van der Waals surface area contributed by atoms with Crippen molar-refractivity contribution in [1.29, 1.82) is 0 Å². The lowest BCUT2D eigenvalue weighted by molar-refractivity contribution is 0.324. The molecule has 1 aromatic rings. The number of ether oxygens (including phenoxy) is 3. The maximum absolute atomic E-state index is 5.36. The zero-order valence-corrected chi connectivity index (χ0v) is 11.2. The monoisotopic (exact) mass is 252 g/mol. The second-order valence-electron chi connectivity index (χ2n) is 4.12. The number of hydrogen-bond donors (Lipinski definition) is 1. The molecule has 0 aromatic heterocycles. The zero-order chi connectivity index (χ0) is 13.0. The topological polar surface area (TPSA) is 43.0 Å². The van der Waals surface area contributed by atoms with E-state index in [4.69, 9.17) is 14.2 Å². The number of rotatable bonds is 4. The smallest absolute Gasteiger partial charge is 0.203 e. The van der Waals surface area contributed by atoms with Crippen LogP contribution in [0.4, 0.5) is 5.69 Å². The fraction of sp³-hybridized carbons (Fsp3) is 0.538. The molecule has 0 radical (unpaired) electrons. The molecule has 1 fully saturated rings. The standard InChI is InChI=1S/C13H20N2O3/c1-16-11-8-10(15-6-4-14-5-7-15)9-12(17-2)13(11)18-3/h8-9,14H,4-7H2,1-3H3. The number of anilines is 1. The predicted octanol–water partition coefficient (Wildman–Crippen LogP) is 1.12. The van der Waals surface area contributed by atoms with Crippen LogP contribution in [0.1, 0.15) is 0 Å². The number of piperazine rings is 1. The van der Waals surface area contributed by atoms with E-state index in [9.17, 15) is 0 Å². The Balaban J connectivity index is 2.35. The Hall–Kier alpha value is -1.62. The molecule has 2 rings (SSSR count). The van der Waals surface area contributed by atoms with Gasteiger partial charge in [0, 0.05) is 44.0 Å². The van der Waals surface area contributed by atoms with E-state index >= 15 is 0 Å². The first kappa shape index (κ1) is 12.8. The minimum atomic E-state index is 0.638. The van der Waals surface area contributed by atoms with Gasteiger partial charge in [0.2, 0.25) is 5.75 Å². The Morgan fingerprint density at radius 1 is 0.944 bits per heavy atom. The summed E-state index contributed by atoms with van der Waals surface area (Å²) in [6.45, 7) is 3.96. The molecule has 1 heterocycles. The number of nitrogens with one attached hydrogen (secondary N) is 1. The van der Waals surface area contributed by atoms with Crippen molar-refractivity contribution in [3.05, 3.63) is 12.1 Å². The van der Waals surface area contributed by atoms with Crippen LogP contribution in [0.5, 0.6) is 17.2 Å². The van der Waals surface area contributed by atoms with E-state index in [2.05, 4.69) is 10.2 Å². The second-order valence-corrected chi connectivity index (χ2v) is 4.12. The molecule has 0 spiro atoms. The summed E-state index contributed by atoms with van der Waals surface area (Å²) in [5.74, 6) is 2.04. The van der Waals surface area contributed by atoms with E-state index < -0.39 is 0 Å². The highest BCUT2D eigenvalue weighted by Gasteiger charge is 2.17. The normalized spacial score (nSPS) is 15.4. The summed E-state index contributed by atoms with van der Waals surface area (Å²) in [5.41, 5.74) is 1.10. The molecular formula is C13H20N2O3. The molecular weight excluding hydrogens is 232 g/mol. The van der Waals surface area contributed by atoms with Crippen molar-refractivity contribution in [2.45, 2.75) is 0 Å². The van der Waals surface area contributed by atoms with Crippen molar-refractivity contribution in [3.63, 3.8) is 0 Å². The lowest BCUT2D eigenvalue weighted by atomic mass is 10.2. The molecule has 1 aromatic carbocycles. The summed E-state index contributed by atoms with van der Waals surface area (Å²) in [5, 5.41) is 3.34. The van der Waals surface area contributed by atoms with E-state index in [0.717, 1.165) is 31.9 Å². The molecule has 1 saturated heterocycles. The van der Waals surface area contributed by atoms with Crippen LogP contribution in [0.2, 0.25) is 0 Å². The molecule has 0 unspecified atom stereocenters. The van der Waals surface area contributed by atoms with Gasteiger partial charge < -0.3 is 24.4 Å². The molecule has 5 nitrogen and oxygen atoms in total. The number of hydrogen-bond acceptors (Lipinski definition) is 5. The molecule has 0 saturated carbocycles. The third-order valence-corrected chi connectivity index (χ3v) is 3.13. The van der Waals surface area contributed by atoms with Gasteiger partial charge >= 0.3 is 0 Å². The molecule has 1 aliphatic rings. The van der Waals surface area contributed by atoms with Crippen molar-refractivity contribution in [2.24, 2.45) is 0 Å². The Labute approximate surface area is 108 Å². The maximum Gasteiger partial charge on any atom is 0.203 e. The van der Waals surface area contributed by atoms with Gasteiger partial charge in [-0.05, 0) is 0 Å². The number of benzene rings is 1. The Bertz CT molecular complexity index is 378. The fourth-order valence-electron chi connectivity index (χ4n) is 2.17. The first-order valence-electron chi connectivity index (χ1n) is 6.05. The average molecular weight is 252 g/mol. The summed E-state index contributed by atoms with van der Waals surface area (Å²) < 4.78 is 16.0. The van der Waals surface area contributed by atoms with E-state index in [1.165, 1.54) is 0 Å². The van der Waals surface area contributed by atoms with Crippen LogP contribution in [0.15, 0.2) is 12.1 Å². The SMILES string of the molecule is COc1cc(N2CCNCC2)cc(OC)c1OC. The Morgan fingerprint density at radius 2 is 1.50 bits per heavy atom. The minimum absolute atomic E-state index is 0.638. The van der Waals surface area contributed by atoms with Crippen molar-refractivity contribution in [2.75, 3.05) is 52.4 Å². The van der Waals surface area contributed by atoms with Crippen LogP contribution in [0.3, 0.4) is 0 Å². The zero-order valence-electron chi connectivity index (χ0n) is 11.2. The largest absolute Gasteiger partial charge is 0.493 e. The van der Waals surface area contributed by atoms with Gasteiger partial charge in [-0.1, -0.05) is 0 Å². The van der Waals surface area contributed by atoms with Crippen molar-refractivity contribution in [3.8, 4) is 17.2 Å². The van der Waals surface area contributed by atoms with E-state index in [1.807, 2.05) is 12.1 Å². The highest BCUT2D eigenvalue weighted by molar-refractivity contribution is 5.63. The van der Waals surface area contributed by atoms with Gasteiger partial charge in [0.05, 0.1) is 21.3 Å². The van der Waals surface area contributed by atoms with Crippen molar-refractivity contribution >= 4 is 5.69 Å². The number of nitrogens with zero attached hydrogens (tertiary/aromatic N) is 1. The molecule has 1 N–H and O–H groups in total. The van der Waals surface area contributed by atoms with Crippen LogP contribution in [-0.4, -0.2) is 47.5 Å². The van der Waals surface area contributed by atoms with Crippen molar-refractivity contribution < 1.29 is 14.2 Å². The van der Waals surface area contributed by atoms with E-state index in [1.54, 1.807) is 21.3 Å². The predicted molar refractivity (Wildman–Crippen MR) is 71.2 cm³/mol. The van der Waals surface area contributed by atoms with Gasteiger partial charge in [-0.3, -0.25) is 0 Å². The van der Waals surface area contributed by atoms with Crippen LogP contribution in [0, 0.1) is 0 Å². The molecule has 0 atom stereocenters. The highest BCUT2D eigenvalue weighted by Crippen LogP contribution is 2.40. The Kier molecular flexibility index (Phi) is 4.15. The van der Waals surface area contributed by atoms with Crippen molar-refractivity contribution in [1.82, 2.24) is 5.32 Å². The van der Waals surface area contributed by atoms with Crippen LogP contribution in [0.25, 0.3) is 0 Å². The van der Waals surface area contributed by atoms with Crippen LogP contribution >= 0.6 is 0 Å². The van der Waals surface area contributed by atoms with Gasteiger partial charge in [0.1, 0.15) is 0 Å². The van der Waals surface area contributed by atoms with Gasteiger partial charge in [0.15, 0.2) is 11.5 Å². The molecule has 0 bridgehead atoms. The molecule has 1 aliphatic heterocycles. The Morgan fingerprint density at radius 3 is 1.94 bits per heavy atom. The van der Waals surface area contributed by atoms with E-state index in [-0.39, 0.29) is 0 Å². The molecule has 18 heavy (non-hydrogen) atoms. The molecule has 0 amide bonds. The molecule has 5 heteroatoms. The summed E-state index contributed by atoms with van der Waals surface area (Å²) in [4.78, 5) is 2.31. The summed E-state index contributed by atoms with van der Waals surface area (Å²) in [6, 6.07) is 3.99. The average Bonchev–Trinajstić information content (AvgIpc) is 2.46. The summed E-state index contributed by atoms with van der Waals surface area (Å²) in [6.07, 6.45) is 0. The van der Waals surface area contributed by atoms with Gasteiger partial charge in [-0.15, -0.1) is 0 Å². The lowest BCUT2D eigenvalue weighted by Gasteiger charge is -2.30. The van der Waals surface area contributed by atoms with Crippen LogP contribution in [-0.2, 0) is 0 Å².